The van der Waals surface area contributed by atoms with Crippen molar-refractivity contribution in [1.29, 1.82) is 0 Å². The van der Waals surface area contributed by atoms with Gasteiger partial charge >= 0.3 is 0 Å². The van der Waals surface area contributed by atoms with E-state index in [2.05, 4.69) is 21.1 Å². The van der Waals surface area contributed by atoms with E-state index in [-0.39, 0.29) is 11.0 Å². The van der Waals surface area contributed by atoms with Gasteiger partial charge in [-0.15, -0.1) is 11.3 Å². The molecule has 0 radical (unpaired) electrons. The topological polar surface area (TPSA) is 48.2 Å². The standard InChI is InChI=1S/C14H15BrN2O2S/c1-8-11(15)20-12(17-8)14(18-2)5-9-6-16-19-10(9)13(7-14)3-4-13/h6H,3-5,7H2,1-2H3. The Bertz CT molecular complexity index is 657. The number of thiazole rings is 1. The fourth-order valence-electron chi connectivity index (χ4n) is 3.33. The van der Waals surface area contributed by atoms with Gasteiger partial charge in [-0.3, -0.25) is 0 Å². The summed E-state index contributed by atoms with van der Waals surface area (Å²) in [5.74, 6) is 1.08. The minimum absolute atomic E-state index is 0.131. The summed E-state index contributed by atoms with van der Waals surface area (Å²) in [6.07, 6.45) is 5.90. The molecule has 6 heteroatoms. The summed E-state index contributed by atoms with van der Waals surface area (Å²) >= 11 is 5.25. The van der Waals surface area contributed by atoms with Gasteiger partial charge in [-0.05, 0) is 42.1 Å². The van der Waals surface area contributed by atoms with E-state index in [4.69, 9.17) is 14.2 Å². The lowest BCUT2D eigenvalue weighted by Crippen LogP contribution is -2.39. The maximum absolute atomic E-state index is 5.99. The second kappa shape index (κ2) is 4.15. The van der Waals surface area contributed by atoms with E-state index < -0.39 is 0 Å². The Labute approximate surface area is 129 Å². The zero-order valence-electron chi connectivity index (χ0n) is 11.4. The van der Waals surface area contributed by atoms with E-state index in [1.54, 1.807) is 18.4 Å². The lowest BCUT2D eigenvalue weighted by Gasteiger charge is -2.37. The van der Waals surface area contributed by atoms with Gasteiger partial charge in [-0.25, -0.2) is 4.98 Å². The van der Waals surface area contributed by atoms with E-state index >= 15 is 0 Å². The summed E-state index contributed by atoms with van der Waals surface area (Å²) in [5, 5.41) is 5.06. The van der Waals surface area contributed by atoms with Crippen molar-refractivity contribution < 1.29 is 9.26 Å². The van der Waals surface area contributed by atoms with Gasteiger partial charge in [0.1, 0.15) is 16.4 Å². The van der Waals surface area contributed by atoms with Gasteiger partial charge in [0.25, 0.3) is 0 Å². The molecule has 1 fully saturated rings. The predicted molar refractivity (Wildman–Crippen MR) is 79.0 cm³/mol. The van der Waals surface area contributed by atoms with Crippen molar-refractivity contribution in [3.63, 3.8) is 0 Å². The first kappa shape index (κ1) is 13.0. The van der Waals surface area contributed by atoms with Gasteiger partial charge in [-0.2, -0.15) is 0 Å². The van der Waals surface area contributed by atoms with E-state index in [0.29, 0.717) is 0 Å². The van der Waals surface area contributed by atoms with E-state index in [1.165, 1.54) is 5.56 Å². The summed E-state index contributed by atoms with van der Waals surface area (Å²) in [6.45, 7) is 2.02. The Balaban J connectivity index is 1.84. The Morgan fingerprint density at radius 2 is 2.25 bits per heavy atom. The van der Waals surface area contributed by atoms with E-state index in [1.807, 2.05) is 13.1 Å². The van der Waals surface area contributed by atoms with Gasteiger partial charge in [0.15, 0.2) is 0 Å². The molecule has 1 unspecified atom stereocenters. The first-order valence-corrected chi connectivity index (χ1v) is 8.32. The molecule has 106 valence electrons. The van der Waals surface area contributed by atoms with Crippen LogP contribution in [0.5, 0.6) is 0 Å². The Morgan fingerprint density at radius 3 is 2.85 bits per heavy atom. The number of nitrogens with zero attached hydrogens (tertiary/aromatic N) is 2. The van der Waals surface area contributed by atoms with Crippen LogP contribution in [0.15, 0.2) is 14.5 Å². The van der Waals surface area contributed by atoms with Crippen LogP contribution < -0.4 is 0 Å². The molecule has 0 bridgehead atoms. The van der Waals surface area contributed by atoms with Crippen LogP contribution >= 0.6 is 27.3 Å². The molecule has 0 saturated heterocycles. The molecule has 2 heterocycles. The summed E-state index contributed by atoms with van der Waals surface area (Å²) in [5.41, 5.74) is 2.00. The molecular weight excluding hydrogens is 340 g/mol. The van der Waals surface area contributed by atoms with Crippen molar-refractivity contribution >= 4 is 27.3 Å². The third kappa shape index (κ3) is 1.68. The number of methoxy groups -OCH3 is 1. The Kier molecular flexibility index (Phi) is 2.69. The quantitative estimate of drug-likeness (QED) is 0.824. The van der Waals surface area contributed by atoms with Crippen molar-refractivity contribution in [1.82, 2.24) is 10.1 Å². The number of aryl methyl sites for hydroxylation is 1. The van der Waals surface area contributed by atoms with Crippen molar-refractivity contribution in [3.8, 4) is 0 Å². The molecule has 0 aliphatic heterocycles. The highest BCUT2D eigenvalue weighted by Crippen LogP contribution is 2.60. The molecule has 0 amide bonds. The molecular formula is C14H15BrN2O2S. The third-order valence-electron chi connectivity index (χ3n) is 4.60. The van der Waals surface area contributed by atoms with Crippen LogP contribution in [0.2, 0.25) is 0 Å². The van der Waals surface area contributed by atoms with Crippen LogP contribution in [-0.2, 0) is 22.2 Å². The molecule has 2 aromatic rings. The Hall–Kier alpha value is -0.720. The van der Waals surface area contributed by atoms with Crippen molar-refractivity contribution in [3.05, 3.63) is 32.0 Å². The zero-order valence-corrected chi connectivity index (χ0v) is 13.8. The van der Waals surface area contributed by atoms with Gasteiger partial charge in [-0.1, -0.05) is 5.16 Å². The molecule has 4 nitrogen and oxygen atoms in total. The highest BCUT2D eigenvalue weighted by molar-refractivity contribution is 9.11. The third-order valence-corrected chi connectivity index (χ3v) is 6.79. The predicted octanol–water partition coefficient (Wildman–Crippen LogP) is 3.72. The summed E-state index contributed by atoms with van der Waals surface area (Å²) in [6, 6.07) is 0. The second-order valence-electron chi connectivity index (χ2n) is 5.89. The summed E-state index contributed by atoms with van der Waals surface area (Å²) in [4.78, 5) is 4.72. The van der Waals surface area contributed by atoms with Gasteiger partial charge in [0, 0.05) is 24.5 Å². The highest BCUT2D eigenvalue weighted by atomic mass is 79.9. The molecule has 20 heavy (non-hydrogen) atoms. The SMILES string of the molecule is COC1(c2nc(C)c(Br)s2)Cc2cnoc2C2(CC2)C1. The van der Waals surface area contributed by atoms with Crippen molar-refractivity contribution in [2.45, 2.75) is 43.6 Å². The fraction of sp³-hybridized carbons (Fsp3) is 0.571. The molecule has 4 rings (SSSR count). The van der Waals surface area contributed by atoms with E-state index in [9.17, 15) is 0 Å². The van der Waals surface area contributed by atoms with Crippen LogP contribution in [0.1, 0.15) is 41.3 Å². The summed E-state index contributed by atoms with van der Waals surface area (Å²) in [7, 11) is 1.79. The van der Waals surface area contributed by atoms with Crippen LogP contribution in [0.25, 0.3) is 0 Å². The van der Waals surface area contributed by atoms with Gasteiger partial charge in [0.2, 0.25) is 0 Å². The van der Waals surface area contributed by atoms with Crippen LogP contribution in [0.3, 0.4) is 0 Å². The van der Waals surface area contributed by atoms with Crippen LogP contribution in [-0.4, -0.2) is 17.3 Å². The Morgan fingerprint density at radius 1 is 1.45 bits per heavy atom. The largest absolute Gasteiger partial charge is 0.371 e. The van der Waals surface area contributed by atoms with Gasteiger partial charge < -0.3 is 9.26 Å². The van der Waals surface area contributed by atoms with Crippen LogP contribution in [0.4, 0.5) is 0 Å². The minimum Gasteiger partial charge on any atom is -0.371 e. The molecule has 1 saturated carbocycles. The number of hydrogen-bond donors (Lipinski definition) is 0. The average Bonchev–Trinajstić information content (AvgIpc) is 2.87. The van der Waals surface area contributed by atoms with Crippen LogP contribution in [0, 0.1) is 6.92 Å². The molecule has 2 aliphatic carbocycles. The van der Waals surface area contributed by atoms with Crippen molar-refractivity contribution in [2.75, 3.05) is 7.11 Å². The molecule has 1 spiro atoms. The van der Waals surface area contributed by atoms with Crippen molar-refractivity contribution in [2.24, 2.45) is 0 Å². The number of aromatic nitrogens is 2. The first-order chi connectivity index (χ1) is 9.58. The second-order valence-corrected chi connectivity index (χ2v) is 8.21. The lowest BCUT2D eigenvalue weighted by atomic mass is 9.75. The molecule has 2 aliphatic rings. The normalized spacial score (nSPS) is 26.8. The fourth-order valence-corrected chi connectivity index (χ4v) is 4.84. The maximum atomic E-state index is 5.99. The van der Waals surface area contributed by atoms with E-state index in [0.717, 1.165) is 45.9 Å². The number of halogens is 1. The lowest BCUT2D eigenvalue weighted by molar-refractivity contribution is -0.0395. The molecule has 0 aromatic carbocycles. The molecule has 1 atom stereocenters. The average molecular weight is 355 g/mol. The smallest absolute Gasteiger partial charge is 0.146 e. The minimum atomic E-state index is -0.337. The number of fused-ring (bicyclic) bond motifs is 2. The molecule has 0 N–H and O–H groups in total. The number of hydrogen-bond acceptors (Lipinski definition) is 5. The zero-order chi connectivity index (χ0) is 14.0. The summed E-state index contributed by atoms with van der Waals surface area (Å²) < 4.78 is 12.6. The monoisotopic (exact) mass is 354 g/mol. The maximum Gasteiger partial charge on any atom is 0.146 e. The number of ether oxygens (including phenoxy) is 1. The highest BCUT2D eigenvalue weighted by Gasteiger charge is 2.59. The van der Waals surface area contributed by atoms with Gasteiger partial charge in [0.05, 0.1) is 15.7 Å². The number of rotatable bonds is 2. The molecule has 2 aromatic heterocycles. The first-order valence-electron chi connectivity index (χ1n) is 6.71.